The third kappa shape index (κ3) is 5.89. The molecule has 2 aromatic heterocycles. The third-order valence-electron chi connectivity index (χ3n) is 6.09. The van der Waals surface area contributed by atoms with E-state index in [0.717, 1.165) is 12.0 Å². The minimum absolute atomic E-state index is 0.0332. The minimum Gasteiger partial charge on any atom is -0.380 e. The van der Waals surface area contributed by atoms with Gasteiger partial charge in [-0.25, -0.2) is 10.1 Å². The zero-order valence-electron chi connectivity index (χ0n) is 18.7. The first-order valence-corrected chi connectivity index (χ1v) is 11.2. The van der Waals surface area contributed by atoms with Crippen LogP contribution in [0.25, 0.3) is 0 Å². The standard InChI is InChI=1S/C22H24F3N7O3/c23-22(24,25)20-17(13-29-30-21(20)34)27-12-16-3-2-15(35-16)9-19(33)32-7-5-31(6-8-32)18-4-1-14(10-26)11-28-18/h1,4,11,13,15-16H,2-3,5-9,12H2,(H2,27,30,34). The summed E-state index contributed by atoms with van der Waals surface area (Å²) in [6.07, 6.45) is -1.66. The number of pyridine rings is 1. The molecule has 0 saturated carbocycles. The van der Waals surface area contributed by atoms with Crippen molar-refractivity contribution in [3.8, 4) is 6.07 Å². The van der Waals surface area contributed by atoms with Gasteiger partial charge in [0.2, 0.25) is 5.91 Å². The summed E-state index contributed by atoms with van der Waals surface area (Å²) in [6.45, 7) is 2.38. The third-order valence-corrected chi connectivity index (χ3v) is 6.09. The van der Waals surface area contributed by atoms with Crippen LogP contribution in [0, 0.1) is 11.3 Å². The van der Waals surface area contributed by atoms with Gasteiger partial charge in [-0.2, -0.15) is 23.5 Å². The summed E-state index contributed by atoms with van der Waals surface area (Å²) in [6, 6.07) is 5.53. The van der Waals surface area contributed by atoms with E-state index < -0.39 is 23.0 Å². The van der Waals surface area contributed by atoms with E-state index in [0.29, 0.717) is 44.6 Å². The molecule has 0 aliphatic carbocycles. The van der Waals surface area contributed by atoms with Crippen LogP contribution in [0.4, 0.5) is 24.7 Å². The van der Waals surface area contributed by atoms with E-state index in [9.17, 15) is 22.8 Å². The second-order valence-corrected chi connectivity index (χ2v) is 8.41. The van der Waals surface area contributed by atoms with Crippen LogP contribution in [0.5, 0.6) is 0 Å². The molecule has 2 saturated heterocycles. The van der Waals surface area contributed by atoms with Crippen LogP contribution in [0.1, 0.15) is 30.4 Å². The molecule has 4 rings (SSSR count). The molecule has 4 heterocycles. The van der Waals surface area contributed by atoms with Crippen LogP contribution in [0.2, 0.25) is 0 Å². The summed E-state index contributed by atoms with van der Waals surface area (Å²) in [5, 5.41) is 16.7. The van der Waals surface area contributed by atoms with Gasteiger partial charge in [-0.1, -0.05) is 0 Å². The zero-order chi connectivity index (χ0) is 25.0. The zero-order valence-corrected chi connectivity index (χ0v) is 18.7. The van der Waals surface area contributed by atoms with Crippen molar-refractivity contribution in [3.05, 3.63) is 46.0 Å². The number of aromatic amines is 1. The highest BCUT2D eigenvalue weighted by Crippen LogP contribution is 2.32. The van der Waals surface area contributed by atoms with E-state index >= 15 is 0 Å². The molecular weight excluding hydrogens is 467 g/mol. The lowest BCUT2D eigenvalue weighted by atomic mass is 10.1. The van der Waals surface area contributed by atoms with Gasteiger partial charge in [-0.05, 0) is 25.0 Å². The van der Waals surface area contributed by atoms with Gasteiger partial charge in [0.15, 0.2) is 0 Å². The fraction of sp³-hybridized carbons (Fsp3) is 0.500. The number of hydrogen-bond donors (Lipinski definition) is 2. The molecule has 186 valence electrons. The van der Waals surface area contributed by atoms with Crippen LogP contribution in [0.15, 0.2) is 29.3 Å². The highest BCUT2D eigenvalue weighted by Gasteiger charge is 2.38. The van der Waals surface area contributed by atoms with Crippen LogP contribution in [-0.4, -0.2) is 70.9 Å². The quantitative estimate of drug-likeness (QED) is 0.626. The number of ether oxygens (including phenoxy) is 1. The first kappa shape index (κ1) is 24.5. The molecule has 0 spiro atoms. The number of aromatic nitrogens is 3. The summed E-state index contributed by atoms with van der Waals surface area (Å²) in [4.78, 5) is 32.4. The molecule has 0 bridgehead atoms. The van der Waals surface area contributed by atoms with E-state index in [1.54, 1.807) is 22.1 Å². The number of nitrogens with one attached hydrogen (secondary N) is 2. The van der Waals surface area contributed by atoms with Crippen molar-refractivity contribution in [2.75, 3.05) is 42.9 Å². The maximum atomic E-state index is 13.2. The smallest absolute Gasteiger partial charge is 0.380 e. The number of anilines is 2. The Morgan fingerprint density at radius 1 is 1.20 bits per heavy atom. The maximum Gasteiger partial charge on any atom is 0.423 e. The van der Waals surface area contributed by atoms with Gasteiger partial charge < -0.3 is 19.9 Å². The number of nitrogens with zero attached hydrogens (tertiary/aromatic N) is 5. The SMILES string of the molecule is N#Cc1ccc(N2CCN(C(=O)CC3CCC(CNc4cn[nH]c(=O)c4C(F)(F)F)O3)CC2)nc1. The number of piperazine rings is 1. The number of carbonyl (C=O) groups excluding carboxylic acids is 1. The molecule has 0 radical (unpaired) electrons. The number of carbonyl (C=O) groups is 1. The number of alkyl halides is 3. The summed E-state index contributed by atoms with van der Waals surface area (Å²) >= 11 is 0. The number of rotatable bonds is 6. The van der Waals surface area contributed by atoms with Crippen molar-refractivity contribution < 1.29 is 22.7 Å². The molecule has 2 N–H and O–H groups in total. The molecule has 10 nitrogen and oxygen atoms in total. The summed E-state index contributed by atoms with van der Waals surface area (Å²) in [7, 11) is 0. The Morgan fingerprint density at radius 3 is 2.60 bits per heavy atom. The monoisotopic (exact) mass is 491 g/mol. The van der Waals surface area contributed by atoms with Crippen molar-refractivity contribution in [1.29, 1.82) is 5.26 Å². The lowest BCUT2D eigenvalue weighted by Gasteiger charge is -2.35. The Bertz CT molecular complexity index is 1140. The van der Waals surface area contributed by atoms with Gasteiger partial charge >= 0.3 is 6.18 Å². The lowest BCUT2D eigenvalue weighted by Crippen LogP contribution is -2.49. The van der Waals surface area contributed by atoms with Gasteiger partial charge in [0.25, 0.3) is 5.56 Å². The highest BCUT2D eigenvalue weighted by molar-refractivity contribution is 5.77. The van der Waals surface area contributed by atoms with Crippen LogP contribution in [-0.2, 0) is 15.7 Å². The number of H-pyrrole nitrogens is 1. The van der Waals surface area contributed by atoms with Crippen molar-refractivity contribution in [2.24, 2.45) is 0 Å². The summed E-state index contributed by atoms with van der Waals surface area (Å²) in [5.74, 6) is 0.726. The van der Waals surface area contributed by atoms with Crippen LogP contribution < -0.4 is 15.8 Å². The molecule has 2 aromatic rings. The largest absolute Gasteiger partial charge is 0.423 e. The van der Waals surface area contributed by atoms with E-state index in [4.69, 9.17) is 10.00 Å². The van der Waals surface area contributed by atoms with Crippen molar-refractivity contribution in [2.45, 2.75) is 37.6 Å². The molecule has 2 aliphatic rings. The fourth-order valence-electron chi connectivity index (χ4n) is 4.27. The highest BCUT2D eigenvalue weighted by atomic mass is 19.4. The Morgan fingerprint density at radius 2 is 1.94 bits per heavy atom. The van der Waals surface area contributed by atoms with E-state index in [-0.39, 0.29) is 31.1 Å². The first-order valence-electron chi connectivity index (χ1n) is 11.2. The maximum absolute atomic E-state index is 13.2. The minimum atomic E-state index is -4.81. The normalized spacial score (nSPS) is 20.5. The topological polar surface area (TPSA) is 127 Å². The summed E-state index contributed by atoms with van der Waals surface area (Å²) < 4.78 is 45.4. The average molecular weight is 491 g/mol. The molecule has 1 amide bonds. The molecule has 2 unspecified atom stereocenters. The predicted octanol–water partition coefficient (Wildman–Crippen LogP) is 1.75. The van der Waals surface area contributed by atoms with Crippen LogP contribution in [0.3, 0.4) is 0 Å². The molecule has 35 heavy (non-hydrogen) atoms. The second kappa shape index (κ2) is 10.3. The van der Waals surface area contributed by atoms with E-state index in [1.165, 1.54) is 6.20 Å². The Hall–Kier alpha value is -3.66. The van der Waals surface area contributed by atoms with Crippen LogP contribution >= 0.6 is 0 Å². The van der Waals surface area contributed by atoms with E-state index in [1.807, 2.05) is 6.07 Å². The van der Waals surface area contributed by atoms with Crippen molar-refractivity contribution in [1.82, 2.24) is 20.1 Å². The van der Waals surface area contributed by atoms with Gasteiger partial charge in [0, 0.05) is 38.9 Å². The van der Waals surface area contributed by atoms with Gasteiger partial charge in [0.05, 0.1) is 36.1 Å². The Balaban J connectivity index is 1.23. The number of hydrogen-bond acceptors (Lipinski definition) is 8. The molecule has 2 aliphatic heterocycles. The van der Waals surface area contributed by atoms with Crippen molar-refractivity contribution >= 4 is 17.4 Å². The van der Waals surface area contributed by atoms with Gasteiger partial charge in [0.1, 0.15) is 17.5 Å². The second-order valence-electron chi connectivity index (χ2n) is 8.41. The molecule has 2 atom stereocenters. The Kier molecular flexibility index (Phi) is 7.20. The molecule has 2 fully saturated rings. The van der Waals surface area contributed by atoms with E-state index in [2.05, 4.69) is 20.3 Å². The number of halogens is 3. The Labute approximate surface area is 198 Å². The van der Waals surface area contributed by atoms with Gasteiger partial charge in [-0.3, -0.25) is 9.59 Å². The molecule has 13 heteroatoms. The molecule has 0 aromatic carbocycles. The van der Waals surface area contributed by atoms with Gasteiger partial charge in [-0.15, -0.1) is 0 Å². The average Bonchev–Trinajstić information content (AvgIpc) is 3.29. The van der Waals surface area contributed by atoms with Crippen molar-refractivity contribution in [3.63, 3.8) is 0 Å². The first-order chi connectivity index (χ1) is 16.7. The molecular formula is C22H24F3N7O3. The lowest BCUT2D eigenvalue weighted by molar-refractivity contribution is -0.138. The predicted molar refractivity (Wildman–Crippen MR) is 119 cm³/mol. The number of amides is 1. The number of nitriles is 1. The summed E-state index contributed by atoms with van der Waals surface area (Å²) in [5.41, 5.74) is -2.55. The fourth-order valence-corrected chi connectivity index (χ4v) is 4.27.